The predicted octanol–water partition coefficient (Wildman–Crippen LogP) is 4.48. The van der Waals surface area contributed by atoms with Crippen LogP contribution in [0.2, 0.25) is 0 Å². The molecule has 0 aliphatic carbocycles. The molecule has 2 nitrogen and oxygen atoms in total. The maximum absolute atomic E-state index is 11.7. The SMILES string of the molecule is C/C(=C\c1ccccc1)C(O)(c1ccc(C)cc1)C(C)CN(C)C. The lowest BCUT2D eigenvalue weighted by Gasteiger charge is -2.37. The molecule has 0 saturated heterocycles. The fourth-order valence-corrected chi connectivity index (χ4v) is 3.30. The average Bonchev–Trinajstić information content (AvgIpc) is 2.55. The molecule has 0 aromatic heterocycles. The van der Waals surface area contributed by atoms with Crippen LogP contribution in [0.4, 0.5) is 0 Å². The van der Waals surface area contributed by atoms with Gasteiger partial charge in [0.2, 0.25) is 0 Å². The second-order valence-electron chi connectivity index (χ2n) is 7.03. The first-order valence-corrected chi connectivity index (χ1v) is 8.52. The van der Waals surface area contributed by atoms with Gasteiger partial charge in [-0.05, 0) is 44.6 Å². The van der Waals surface area contributed by atoms with Crippen molar-refractivity contribution in [2.24, 2.45) is 5.92 Å². The van der Waals surface area contributed by atoms with Crippen LogP contribution in [-0.4, -0.2) is 30.6 Å². The molecule has 0 radical (unpaired) electrons. The van der Waals surface area contributed by atoms with Crippen molar-refractivity contribution in [1.29, 1.82) is 0 Å². The second-order valence-corrected chi connectivity index (χ2v) is 7.03. The van der Waals surface area contributed by atoms with E-state index in [9.17, 15) is 5.11 Å². The number of hydrogen-bond donors (Lipinski definition) is 1. The topological polar surface area (TPSA) is 23.5 Å². The van der Waals surface area contributed by atoms with E-state index in [1.807, 2.05) is 51.4 Å². The van der Waals surface area contributed by atoms with Gasteiger partial charge in [-0.2, -0.15) is 0 Å². The molecule has 0 bridgehead atoms. The van der Waals surface area contributed by atoms with Gasteiger partial charge in [0.1, 0.15) is 5.60 Å². The van der Waals surface area contributed by atoms with E-state index in [1.54, 1.807) is 0 Å². The molecule has 2 heteroatoms. The molecule has 0 aliphatic heterocycles. The molecule has 0 amide bonds. The van der Waals surface area contributed by atoms with Crippen molar-refractivity contribution in [2.75, 3.05) is 20.6 Å². The second kappa shape index (κ2) is 7.78. The third-order valence-electron chi connectivity index (χ3n) is 4.63. The predicted molar refractivity (Wildman–Crippen MR) is 103 cm³/mol. The zero-order valence-electron chi connectivity index (χ0n) is 15.5. The van der Waals surface area contributed by atoms with Gasteiger partial charge in [0, 0.05) is 12.5 Å². The molecule has 0 fully saturated rings. The number of aryl methyl sites for hydroxylation is 1. The van der Waals surface area contributed by atoms with E-state index in [0.29, 0.717) is 0 Å². The Hall–Kier alpha value is -1.90. The first-order valence-electron chi connectivity index (χ1n) is 8.52. The van der Waals surface area contributed by atoms with Crippen LogP contribution in [0.5, 0.6) is 0 Å². The number of benzene rings is 2. The van der Waals surface area contributed by atoms with Crippen molar-refractivity contribution in [1.82, 2.24) is 4.90 Å². The molecule has 128 valence electrons. The minimum absolute atomic E-state index is 0.0650. The van der Waals surface area contributed by atoms with Gasteiger partial charge >= 0.3 is 0 Å². The summed E-state index contributed by atoms with van der Waals surface area (Å²) in [4.78, 5) is 2.12. The van der Waals surface area contributed by atoms with Crippen LogP contribution in [-0.2, 0) is 5.60 Å². The molecule has 0 aliphatic rings. The van der Waals surface area contributed by atoms with Gasteiger partial charge in [0.05, 0.1) is 0 Å². The summed E-state index contributed by atoms with van der Waals surface area (Å²) < 4.78 is 0. The number of nitrogens with zero attached hydrogens (tertiary/aromatic N) is 1. The highest BCUT2D eigenvalue weighted by Crippen LogP contribution is 2.38. The summed E-state index contributed by atoms with van der Waals surface area (Å²) in [6.07, 6.45) is 2.09. The number of aliphatic hydroxyl groups is 1. The first kappa shape index (κ1) is 18.4. The van der Waals surface area contributed by atoms with E-state index >= 15 is 0 Å². The standard InChI is InChI=1S/C22H29NO/c1-17-11-13-21(14-12-17)22(24,19(3)16-23(4)5)18(2)15-20-9-7-6-8-10-20/h6-15,19,24H,16H2,1-5H3/b18-15+. The lowest BCUT2D eigenvalue weighted by molar-refractivity contribution is 0.0105. The van der Waals surface area contributed by atoms with Crippen molar-refractivity contribution >= 4 is 6.08 Å². The van der Waals surface area contributed by atoms with Crippen molar-refractivity contribution in [3.05, 3.63) is 76.9 Å². The maximum atomic E-state index is 11.7. The zero-order valence-corrected chi connectivity index (χ0v) is 15.5. The van der Waals surface area contributed by atoms with Crippen molar-refractivity contribution in [2.45, 2.75) is 26.4 Å². The molecule has 24 heavy (non-hydrogen) atoms. The van der Waals surface area contributed by atoms with Crippen LogP contribution >= 0.6 is 0 Å². The summed E-state index contributed by atoms with van der Waals surface area (Å²) in [5, 5.41) is 11.7. The summed E-state index contributed by atoms with van der Waals surface area (Å²) in [6, 6.07) is 18.4. The third kappa shape index (κ3) is 4.14. The monoisotopic (exact) mass is 323 g/mol. The lowest BCUT2D eigenvalue weighted by Crippen LogP contribution is -2.40. The molecule has 0 spiro atoms. The van der Waals surface area contributed by atoms with E-state index in [2.05, 4.69) is 49.1 Å². The van der Waals surface area contributed by atoms with E-state index < -0.39 is 5.60 Å². The van der Waals surface area contributed by atoms with Crippen LogP contribution in [0.3, 0.4) is 0 Å². The molecule has 1 N–H and O–H groups in total. The van der Waals surface area contributed by atoms with Crippen LogP contribution in [0.15, 0.2) is 60.2 Å². The van der Waals surface area contributed by atoms with Gasteiger partial charge in [0.25, 0.3) is 0 Å². The van der Waals surface area contributed by atoms with Gasteiger partial charge in [-0.1, -0.05) is 73.2 Å². The first-order chi connectivity index (χ1) is 11.3. The Morgan fingerprint density at radius 1 is 1.08 bits per heavy atom. The van der Waals surface area contributed by atoms with E-state index in [0.717, 1.165) is 23.2 Å². The Labute approximate surface area is 146 Å². The van der Waals surface area contributed by atoms with Crippen molar-refractivity contribution < 1.29 is 5.11 Å². The number of rotatable bonds is 6. The van der Waals surface area contributed by atoms with Gasteiger partial charge in [0.15, 0.2) is 0 Å². The van der Waals surface area contributed by atoms with Crippen LogP contribution in [0.25, 0.3) is 6.08 Å². The van der Waals surface area contributed by atoms with Gasteiger partial charge in [-0.15, -0.1) is 0 Å². The molecule has 2 unspecified atom stereocenters. The Bertz CT molecular complexity index is 673. The molecule has 2 aromatic carbocycles. The van der Waals surface area contributed by atoms with E-state index in [4.69, 9.17) is 0 Å². The van der Waals surface area contributed by atoms with Crippen LogP contribution in [0, 0.1) is 12.8 Å². The summed E-state index contributed by atoms with van der Waals surface area (Å²) in [7, 11) is 4.09. The fourth-order valence-electron chi connectivity index (χ4n) is 3.30. The molecule has 0 saturated carbocycles. The minimum atomic E-state index is -0.992. The summed E-state index contributed by atoms with van der Waals surface area (Å²) in [6.45, 7) is 7.02. The van der Waals surface area contributed by atoms with Crippen molar-refractivity contribution in [3.63, 3.8) is 0 Å². The molecule has 2 rings (SSSR count). The third-order valence-corrected chi connectivity index (χ3v) is 4.63. The van der Waals surface area contributed by atoms with Crippen molar-refractivity contribution in [3.8, 4) is 0 Å². The molecular formula is C22H29NO. The zero-order chi connectivity index (χ0) is 17.7. The smallest absolute Gasteiger partial charge is 0.114 e. The highest BCUT2D eigenvalue weighted by Gasteiger charge is 2.37. The Balaban J connectivity index is 2.49. The minimum Gasteiger partial charge on any atom is -0.380 e. The highest BCUT2D eigenvalue weighted by molar-refractivity contribution is 5.56. The summed E-state index contributed by atoms with van der Waals surface area (Å²) in [5.74, 6) is 0.0650. The molecular weight excluding hydrogens is 294 g/mol. The number of hydrogen-bond acceptors (Lipinski definition) is 2. The van der Waals surface area contributed by atoms with Gasteiger partial charge in [-0.25, -0.2) is 0 Å². The lowest BCUT2D eigenvalue weighted by atomic mass is 9.76. The summed E-state index contributed by atoms with van der Waals surface area (Å²) >= 11 is 0. The van der Waals surface area contributed by atoms with Gasteiger partial charge < -0.3 is 10.0 Å². The Kier molecular flexibility index (Phi) is 5.98. The normalized spacial score (nSPS) is 16.0. The molecule has 0 heterocycles. The molecule has 2 atom stereocenters. The quantitative estimate of drug-likeness (QED) is 0.847. The Morgan fingerprint density at radius 3 is 2.21 bits per heavy atom. The van der Waals surface area contributed by atoms with E-state index in [-0.39, 0.29) is 5.92 Å². The van der Waals surface area contributed by atoms with Crippen LogP contribution < -0.4 is 0 Å². The maximum Gasteiger partial charge on any atom is 0.114 e. The largest absolute Gasteiger partial charge is 0.380 e. The average molecular weight is 323 g/mol. The van der Waals surface area contributed by atoms with Gasteiger partial charge in [-0.3, -0.25) is 0 Å². The van der Waals surface area contributed by atoms with Crippen LogP contribution in [0.1, 0.15) is 30.5 Å². The fraction of sp³-hybridized carbons (Fsp3) is 0.364. The summed E-state index contributed by atoms with van der Waals surface area (Å²) in [5.41, 5.74) is 3.23. The highest BCUT2D eigenvalue weighted by atomic mass is 16.3. The molecule has 2 aromatic rings. The van der Waals surface area contributed by atoms with E-state index in [1.165, 1.54) is 5.56 Å². The Morgan fingerprint density at radius 2 is 1.67 bits per heavy atom.